The monoisotopic (exact) mass is 336 g/mol. The molecule has 2 unspecified atom stereocenters. The number of aliphatic hydroxyl groups excluding tert-OH is 1. The minimum absolute atomic E-state index is 0.167. The average Bonchev–Trinajstić information content (AvgIpc) is 3.00. The number of carbonyl (C=O) groups is 1. The van der Waals surface area contributed by atoms with Crippen LogP contribution in [0.5, 0.6) is 5.75 Å². The van der Waals surface area contributed by atoms with Crippen molar-refractivity contribution >= 4 is 5.91 Å². The van der Waals surface area contributed by atoms with Crippen molar-refractivity contribution in [1.82, 2.24) is 10.2 Å². The van der Waals surface area contributed by atoms with Crippen LogP contribution >= 0.6 is 0 Å². The highest BCUT2D eigenvalue weighted by Gasteiger charge is 2.31. The van der Waals surface area contributed by atoms with E-state index in [1.165, 1.54) is 6.07 Å². The molecule has 0 aliphatic carbocycles. The highest BCUT2D eigenvalue weighted by atomic mass is 19.1. The number of ether oxygens (including phenoxy) is 1. The van der Waals surface area contributed by atoms with Gasteiger partial charge in [-0.05, 0) is 37.9 Å². The van der Waals surface area contributed by atoms with Crippen molar-refractivity contribution in [3.05, 3.63) is 29.6 Å². The lowest BCUT2D eigenvalue weighted by atomic mass is 9.99. The third-order valence-electron chi connectivity index (χ3n) is 4.86. The molecule has 1 saturated heterocycles. The first-order chi connectivity index (χ1) is 11.5. The maximum atomic E-state index is 13.6. The highest BCUT2D eigenvalue weighted by Crippen LogP contribution is 2.31. The zero-order valence-electron chi connectivity index (χ0n) is 14.0. The molecular formula is C18H25FN2O3. The Morgan fingerprint density at radius 3 is 2.92 bits per heavy atom. The molecule has 0 saturated carbocycles. The summed E-state index contributed by atoms with van der Waals surface area (Å²) in [4.78, 5) is 14.4. The molecule has 2 aliphatic rings. The lowest BCUT2D eigenvalue weighted by Crippen LogP contribution is -2.45. The number of benzene rings is 1. The molecule has 6 heteroatoms. The van der Waals surface area contributed by atoms with Gasteiger partial charge in [-0.2, -0.15) is 0 Å². The SMILES string of the molecule is CC1CCN(CC(O)CNC(=O)C2Cc3cccc(F)c3O2)CC1. The molecule has 1 aromatic rings. The van der Waals surface area contributed by atoms with Crippen LogP contribution in [0.3, 0.4) is 0 Å². The van der Waals surface area contributed by atoms with E-state index in [1.807, 2.05) is 0 Å². The van der Waals surface area contributed by atoms with E-state index >= 15 is 0 Å². The number of nitrogens with one attached hydrogen (secondary N) is 1. The Bertz CT molecular complexity index is 588. The number of hydrogen-bond donors (Lipinski definition) is 2. The van der Waals surface area contributed by atoms with Gasteiger partial charge in [0.05, 0.1) is 6.10 Å². The Balaban J connectivity index is 1.42. The van der Waals surface area contributed by atoms with Crippen LogP contribution < -0.4 is 10.1 Å². The van der Waals surface area contributed by atoms with E-state index in [-0.39, 0.29) is 18.2 Å². The number of hydrogen-bond acceptors (Lipinski definition) is 4. The molecule has 1 aromatic carbocycles. The number of amides is 1. The molecule has 2 heterocycles. The predicted molar refractivity (Wildman–Crippen MR) is 88.4 cm³/mol. The van der Waals surface area contributed by atoms with Gasteiger partial charge in [0.1, 0.15) is 0 Å². The molecule has 0 radical (unpaired) electrons. The van der Waals surface area contributed by atoms with Crippen molar-refractivity contribution < 1.29 is 19.0 Å². The molecule has 132 valence electrons. The number of carbonyl (C=O) groups excluding carboxylic acids is 1. The summed E-state index contributed by atoms with van der Waals surface area (Å²) >= 11 is 0. The van der Waals surface area contributed by atoms with E-state index < -0.39 is 18.0 Å². The first-order valence-electron chi connectivity index (χ1n) is 8.65. The Labute approximate surface area is 141 Å². The minimum Gasteiger partial charge on any atom is -0.477 e. The molecule has 1 amide bonds. The third-order valence-corrected chi connectivity index (χ3v) is 4.86. The fourth-order valence-electron chi connectivity index (χ4n) is 3.32. The normalized spacial score (nSPS) is 22.7. The Hall–Kier alpha value is -1.66. The van der Waals surface area contributed by atoms with E-state index in [0.717, 1.165) is 31.8 Å². The summed E-state index contributed by atoms with van der Waals surface area (Å²) in [7, 11) is 0. The van der Waals surface area contributed by atoms with Crippen LogP contribution in [0.25, 0.3) is 0 Å². The zero-order valence-corrected chi connectivity index (χ0v) is 14.0. The molecule has 0 aromatic heterocycles. The van der Waals surface area contributed by atoms with Gasteiger partial charge in [-0.1, -0.05) is 19.1 Å². The number of likely N-dealkylation sites (tertiary alicyclic amines) is 1. The third kappa shape index (κ3) is 4.05. The fraction of sp³-hybridized carbons (Fsp3) is 0.611. The van der Waals surface area contributed by atoms with Gasteiger partial charge in [-0.15, -0.1) is 0 Å². The summed E-state index contributed by atoms with van der Waals surface area (Å²) in [6.45, 7) is 4.98. The Morgan fingerprint density at radius 2 is 2.21 bits per heavy atom. The van der Waals surface area contributed by atoms with Crippen molar-refractivity contribution in [3.63, 3.8) is 0 Å². The van der Waals surface area contributed by atoms with Gasteiger partial charge in [0.15, 0.2) is 17.7 Å². The number of piperidine rings is 1. The van der Waals surface area contributed by atoms with Crippen molar-refractivity contribution in [3.8, 4) is 5.75 Å². The van der Waals surface area contributed by atoms with E-state index in [2.05, 4.69) is 17.1 Å². The van der Waals surface area contributed by atoms with Gasteiger partial charge in [0.25, 0.3) is 5.91 Å². The molecule has 2 N–H and O–H groups in total. The second-order valence-electron chi connectivity index (χ2n) is 6.92. The number of nitrogens with zero attached hydrogens (tertiary/aromatic N) is 1. The number of aliphatic hydroxyl groups is 1. The molecule has 24 heavy (non-hydrogen) atoms. The molecule has 2 aliphatic heterocycles. The van der Waals surface area contributed by atoms with E-state index in [0.29, 0.717) is 18.5 Å². The standard InChI is InChI=1S/C18H25FN2O3/c1-12-5-7-21(8-6-12)11-14(22)10-20-18(23)16-9-13-3-2-4-15(19)17(13)24-16/h2-4,12,14,16,22H,5-11H2,1H3,(H,20,23). The fourth-order valence-corrected chi connectivity index (χ4v) is 3.32. The largest absolute Gasteiger partial charge is 0.477 e. The molecule has 2 atom stereocenters. The maximum Gasteiger partial charge on any atom is 0.261 e. The first kappa shape index (κ1) is 17.2. The second kappa shape index (κ2) is 7.49. The van der Waals surface area contributed by atoms with Crippen LogP contribution in [0.1, 0.15) is 25.3 Å². The van der Waals surface area contributed by atoms with E-state index in [4.69, 9.17) is 4.74 Å². The number of rotatable bonds is 5. The quantitative estimate of drug-likeness (QED) is 0.852. The van der Waals surface area contributed by atoms with Gasteiger partial charge in [-0.3, -0.25) is 4.79 Å². The highest BCUT2D eigenvalue weighted by molar-refractivity contribution is 5.82. The number of β-amino-alcohol motifs (C(OH)–C–C–N with tert-alkyl or cyclic N) is 1. The smallest absolute Gasteiger partial charge is 0.261 e. The predicted octanol–water partition coefficient (Wildman–Crippen LogP) is 1.34. The van der Waals surface area contributed by atoms with Gasteiger partial charge < -0.3 is 20.1 Å². The average molecular weight is 336 g/mol. The van der Waals surface area contributed by atoms with Gasteiger partial charge >= 0.3 is 0 Å². The minimum atomic E-state index is -0.722. The summed E-state index contributed by atoms with van der Waals surface area (Å²) < 4.78 is 19.0. The zero-order chi connectivity index (χ0) is 17.1. The lowest BCUT2D eigenvalue weighted by Gasteiger charge is -2.31. The summed E-state index contributed by atoms with van der Waals surface area (Å²) in [6.07, 6.45) is 1.33. The number of para-hydroxylation sites is 1. The van der Waals surface area contributed by atoms with Gasteiger partial charge in [0, 0.05) is 25.1 Å². The van der Waals surface area contributed by atoms with Crippen LogP contribution in [-0.2, 0) is 11.2 Å². The van der Waals surface area contributed by atoms with Crippen LogP contribution in [0.15, 0.2) is 18.2 Å². The van der Waals surface area contributed by atoms with Crippen LogP contribution in [0, 0.1) is 11.7 Å². The first-order valence-corrected chi connectivity index (χ1v) is 8.65. The lowest BCUT2D eigenvalue weighted by molar-refractivity contribution is -0.127. The molecule has 0 spiro atoms. The second-order valence-corrected chi connectivity index (χ2v) is 6.92. The van der Waals surface area contributed by atoms with Gasteiger partial charge in [-0.25, -0.2) is 4.39 Å². The van der Waals surface area contributed by atoms with Gasteiger partial charge in [0.2, 0.25) is 0 Å². The van der Waals surface area contributed by atoms with Crippen molar-refractivity contribution in [1.29, 1.82) is 0 Å². The summed E-state index contributed by atoms with van der Waals surface area (Å²) in [6, 6.07) is 4.70. The van der Waals surface area contributed by atoms with Crippen molar-refractivity contribution in [2.24, 2.45) is 5.92 Å². The van der Waals surface area contributed by atoms with Crippen molar-refractivity contribution in [2.45, 2.75) is 38.4 Å². The van der Waals surface area contributed by atoms with Crippen LogP contribution in [0.4, 0.5) is 4.39 Å². The molecule has 5 nitrogen and oxygen atoms in total. The Morgan fingerprint density at radius 1 is 1.46 bits per heavy atom. The summed E-state index contributed by atoms with van der Waals surface area (Å²) in [5.74, 6) is 0.166. The topological polar surface area (TPSA) is 61.8 Å². The summed E-state index contributed by atoms with van der Waals surface area (Å²) in [5, 5.41) is 12.8. The van der Waals surface area contributed by atoms with E-state index in [9.17, 15) is 14.3 Å². The van der Waals surface area contributed by atoms with Crippen LogP contribution in [-0.4, -0.2) is 54.3 Å². The molecular weight excluding hydrogens is 311 g/mol. The number of fused-ring (bicyclic) bond motifs is 1. The molecule has 1 fully saturated rings. The van der Waals surface area contributed by atoms with Crippen molar-refractivity contribution in [2.75, 3.05) is 26.2 Å². The molecule has 0 bridgehead atoms. The maximum absolute atomic E-state index is 13.6. The number of halogens is 1. The summed E-state index contributed by atoms with van der Waals surface area (Å²) in [5.41, 5.74) is 0.707. The molecule has 3 rings (SSSR count). The van der Waals surface area contributed by atoms with E-state index in [1.54, 1.807) is 12.1 Å². The van der Waals surface area contributed by atoms with Crippen LogP contribution in [0.2, 0.25) is 0 Å². The Kier molecular flexibility index (Phi) is 5.36.